The zero-order valence-corrected chi connectivity index (χ0v) is 12.6. The molecule has 3 nitrogen and oxygen atoms in total. The second-order valence-corrected chi connectivity index (χ2v) is 5.42. The van der Waals surface area contributed by atoms with E-state index in [9.17, 15) is 9.50 Å². The summed E-state index contributed by atoms with van der Waals surface area (Å²) in [6.45, 7) is 4.30. The highest BCUT2D eigenvalue weighted by Crippen LogP contribution is 2.31. The van der Waals surface area contributed by atoms with Crippen molar-refractivity contribution in [3.8, 4) is 0 Å². The Kier molecular flexibility index (Phi) is 6.35. The molecular weight excluding hydrogens is 324 g/mol. The molecule has 0 aromatic heterocycles. The minimum absolute atomic E-state index is 0.0702. The van der Waals surface area contributed by atoms with Gasteiger partial charge >= 0.3 is 0 Å². The highest BCUT2D eigenvalue weighted by molar-refractivity contribution is 9.10. The van der Waals surface area contributed by atoms with Crippen LogP contribution < -0.4 is 5.32 Å². The first kappa shape index (κ1) is 15.7. The van der Waals surface area contributed by atoms with Gasteiger partial charge in [-0.3, -0.25) is 0 Å². The first-order valence-electron chi connectivity index (χ1n) is 5.58. The van der Waals surface area contributed by atoms with Crippen molar-refractivity contribution in [2.24, 2.45) is 0 Å². The van der Waals surface area contributed by atoms with Gasteiger partial charge in [0.25, 0.3) is 0 Å². The van der Waals surface area contributed by atoms with Crippen LogP contribution in [-0.4, -0.2) is 30.5 Å². The fourth-order valence-electron chi connectivity index (χ4n) is 1.29. The van der Waals surface area contributed by atoms with E-state index in [4.69, 9.17) is 16.3 Å². The summed E-state index contributed by atoms with van der Waals surface area (Å²) in [6, 6.07) is 2.52. The Morgan fingerprint density at radius 3 is 2.72 bits per heavy atom. The van der Waals surface area contributed by atoms with Gasteiger partial charge in [-0.15, -0.1) is 0 Å². The van der Waals surface area contributed by atoms with Crippen molar-refractivity contribution >= 4 is 33.2 Å². The van der Waals surface area contributed by atoms with Gasteiger partial charge in [-0.05, 0) is 41.9 Å². The van der Waals surface area contributed by atoms with Gasteiger partial charge in [0.05, 0.1) is 29.5 Å². The van der Waals surface area contributed by atoms with Crippen LogP contribution in [0.15, 0.2) is 16.6 Å². The average molecular weight is 341 g/mol. The van der Waals surface area contributed by atoms with Gasteiger partial charge in [0.15, 0.2) is 0 Å². The summed E-state index contributed by atoms with van der Waals surface area (Å²) in [7, 11) is 0. The van der Waals surface area contributed by atoms with Crippen molar-refractivity contribution in [3.05, 3.63) is 27.4 Å². The molecule has 0 radical (unpaired) electrons. The van der Waals surface area contributed by atoms with Crippen LogP contribution in [0.2, 0.25) is 5.02 Å². The lowest BCUT2D eigenvalue weighted by molar-refractivity contribution is 0.0112. The molecule has 0 heterocycles. The summed E-state index contributed by atoms with van der Waals surface area (Å²) in [6.07, 6.45) is -0.582. The zero-order valence-electron chi connectivity index (χ0n) is 10.2. The fourth-order valence-corrected chi connectivity index (χ4v) is 2.25. The standard InChI is InChI=1S/C12H16BrClFNO2/c1-7(2)18-6-9(17)5-16-12-10(13)3-8(15)4-11(12)14/h3-4,7,9,16-17H,5-6H2,1-2H3. The first-order chi connectivity index (χ1) is 8.40. The molecule has 0 amide bonds. The molecule has 0 bridgehead atoms. The quantitative estimate of drug-likeness (QED) is 0.833. The summed E-state index contributed by atoms with van der Waals surface area (Å²) >= 11 is 9.11. The third-order valence-electron chi connectivity index (χ3n) is 2.14. The van der Waals surface area contributed by atoms with Crippen molar-refractivity contribution in [2.45, 2.75) is 26.1 Å². The van der Waals surface area contributed by atoms with E-state index in [0.717, 1.165) is 0 Å². The Bertz CT molecular complexity index is 381. The second kappa shape index (κ2) is 7.28. The maximum absolute atomic E-state index is 13.0. The number of hydrogen-bond acceptors (Lipinski definition) is 3. The predicted molar refractivity (Wildman–Crippen MR) is 74.7 cm³/mol. The van der Waals surface area contributed by atoms with E-state index in [2.05, 4.69) is 21.2 Å². The zero-order chi connectivity index (χ0) is 13.7. The summed E-state index contributed by atoms with van der Waals surface area (Å²) in [5.74, 6) is -0.416. The molecule has 0 saturated carbocycles. The minimum Gasteiger partial charge on any atom is -0.389 e. The Balaban J connectivity index is 2.53. The van der Waals surface area contributed by atoms with Gasteiger partial charge in [-0.2, -0.15) is 0 Å². The molecule has 1 atom stereocenters. The average Bonchev–Trinajstić information content (AvgIpc) is 2.24. The molecule has 0 fully saturated rings. The maximum atomic E-state index is 13.0. The van der Waals surface area contributed by atoms with Gasteiger partial charge in [-0.1, -0.05) is 11.6 Å². The van der Waals surface area contributed by atoms with Crippen molar-refractivity contribution in [2.75, 3.05) is 18.5 Å². The lowest BCUT2D eigenvalue weighted by atomic mass is 10.3. The topological polar surface area (TPSA) is 41.5 Å². The van der Waals surface area contributed by atoms with Crippen molar-refractivity contribution < 1.29 is 14.2 Å². The second-order valence-electron chi connectivity index (χ2n) is 4.16. The molecule has 0 aliphatic heterocycles. The van der Waals surface area contributed by atoms with E-state index in [1.54, 1.807) is 0 Å². The number of rotatable bonds is 6. The molecule has 1 aromatic rings. The maximum Gasteiger partial charge on any atom is 0.125 e. The largest absolute Gasteiger partial charge is 0.389 e. The SMILES string of the molecule is CC(C)OCC(O)CNc1c(Cl)cc(F)cc1Br. The smallest absolute Gasteiger partial charge is 0.125 e. The third kappa shape index (κ3) is 5.10. The Morgan fingerprint density at radius 2 is 2.17 bits per heavy atom. The highest BCUT2D eigenvalue weighted by atomic mass is 79.9. The summed E-state index contributed by atoms with van der Waals surface area (Å²) in [4.78, 5) is 0. The highest BCUT2D eigenvalue weighted by Gasteiger charge is 2.10. The molecule has 1 aromatic carbocycles. The van der Waals surface area contributed by atoms with Gasteiger partial charge < -0.3 is 15.2 Å². The van der Waals surface area contributed by atoms with Crippen molar-refractivity contribution in [3.63, 3.8) is 0 Å². The van der Waals surface area contributed by atoms with E-state index >= 15 is 0 Å². The van der Waals surface area contributed by atoms with E-state index in [-0.39, 0.29) is 24.3 Å². The van der Waals surface area contributed by atoms with Crippen molar-refractivity contribution in [1.29, 1.82) is 0 Å². The normalized spacial score (nSPS) is 12.8. The van der Waals surface area contributed by atoms with Crippen LogP contribution in [0.5, 0.6) is 0 Å². The molecule has 1 rings (SSSR count). The van der Waals surface area contributed by atoms with Gasteiger partial charge in [0.1, 0.15) is 5.82 Å². The molecule has 102 valence electrons. The molecule has 0 spiro atoms. The molecular formula is C12H16BrClFNO2. The van der Waals surface area contributed by atoms with E-state index in [0.29, 0.717) is 10.2 Å². The number of ether oxygens (including phenoxy) is 1. The molecule has 0 aliphatic rings. The predicted octanol–water partition coefficient (Wildman–Crippen LogP) is 3.44. The first-order valence-corrected chi connectivity index (χ1v) is 6.75. The Labute approximate surface area is 119 Å². The third-order valence-corrected chi connectivity index (χ3v) is 3.07. The fraction of sp³-hybridized carbons (Fsp3) is 0.500. The number of hydrogen-bond donors (Lipinski definition) is 2. The van der Waals surface area contributed by atoms with Gasteiger partial charge in [0.2, 0.25) is 0 Å². The monoisotopic (exact) mass is 339 g/mol. The molecule has 6 heteroatoms. The lowest BCUT2D eigenvalue weighted by Gasteiger charge is -2.16. The van der Waals surface area contributed by atoms with E-state index in [1.165, 1.54) is 12.1 Å². The Hall–Kier alpha value is -0.360. The number of aliphatic hydroxyl groups excluding tert-OH is 1. The van der Waals surface area contributed by atoms with E-state index in [1.807, 2.05) is 13.8 Å². The molecule has 0 saturated heterocycles. The van der Waals surface area contributed by atoms with E-state index < -0.39 is 11.9 Å². The van der Waals surface area contributed by atoms with Crippen LogP contribution in [0.3, 0.4) is 0 Å². The molecule has 1 unspecified atom stereocenters. The summed E-state index contributed by atoms with van der Waals surface area (Å²) in [5.41, 5.74) is 0.557. The number of benzene rings is 1. The summed E-state index contributed by atoms with van der Waals surface area (Å²) < 4.78 is 18.8. The van der Waals surface area contributed by atoms with Gasteiger partial charge in [-0.25, -0.2) is 4.39 Å². The number of aliphatic hydroxyl groups is 1. The van der Waals surface area contributed by atoms with Crippen LogP contribution in [0.25, 0.3) is 0 Å². The molecule has 0 aliphatic carbocycles. The lowest BCUT2D eigenvalue weighted by Crippen LogP contribution is -2.26. The van der Waals surface area contributed by atoms with Crippen LogP contribution in [-0.2, 0) is 4.74 Å². The number of anilines is 1. The Morgan fingerprint density at radius 1 is 1.50 bits per heavy atom. The molecule has 18 heavy (non-hydrogen) atoms. The summed E-state index contributed by atoms with van der Waals surface area (Å²) in [5, 5.41) is 12.9. The molecule has 2 N–H and O–H groups in total. The van der Waals surface area contributed by atoms with Gasteiger partial charge in [0, 0.05) is 11.0 Å². The van der Waals surface area contributed by atoms with Crippen LogP contribution in [0.1, 0.15) is 13.8 Å². The van der Waals surface area contributed by atoms with Crippen LogP contribution in [0, 0.1) is 5.82 Å². The van der Waals surface area contributed by atoms with Crippen molar-refractivity contribution in [1.82, 2.24) is 0 Å². The van der Waals surface area contributed by atoms with Crippen LogP contribution >= 0.6 is 27.5 Å². The minimum atomic E-state index is -0.652. The van der Waals surface area contributed by atoms with Crippen LogP contribution in [0.4, 0.5) is 10.1 Å². The number of nitrogens with one attached hydrogen (secondary N) is 1. The number of halogens is 3.